The lowest BCUT2D eigenvalue weighted by atomic mass is 10.1. The standard InChI is InChI=1S/C11H11F3N2O3.C7H8BrN.C4H6.C2H6.CH4O/c1-3-15-8-6(5-17)4-7(11(12,13)14)16-9(8)10(18)19-2;1-9-7-4-2-6(8)3-5-7;1-3-4-2;2*1-2/h4-5,15H,3H2,1-2H3;2-5,9H,1H3;1-2H3;1-2H3;2H,1H3. The van der Waals surface area contributed by atoms with Gasteiger partial charge in [-0.15, -0.1) is 11.8 Å². The quantitative estimate of drug-likeness (QED) is 0.218. The molecule has 0 aliphatic carbocycles. The number of nitrogens with one attached hydrogen (secondary N) is 2. The molecular formula is C25H35BrF3N3O4. The second-order valence-corrected chi connectivity index (χ2v) is 6.63. The molecule has 0 saturated heterocycles. The van der Waals surface area contributed by atoms with Crippen molar-refractivity contribution in [3.63, 3.8) is 0 Å². The van der Waals surface area contributed by atoms with E-state index in [4.69, 9.17) is 5.11 Å². The summed E-state index contributed by atoms with van der Waals surface area (Å²) in [5.41, 5.74) is -1.13. The van der Waals surface area contributed by atoms with Crippen molar-refractivity contribution in [3.05, 3.63) is 51.8 Å². The number of carbonyl (C=O) groups excluding carboxylic acids is 2. The molecule has 2 aromatic rings. The highest BCUT2D eigenvalue weighted by Gasteiger charge is 2.35. The minimum atomic E-state index is -4.76. The molecule has 3 N–H and O–H groups in total. The molecule has 0 fully saturated rings. The van der Waals surface area contributed by atoms with E-state index >= 15 is 0 Å². The normalized spacial score (nSPS) is 8.81. The van der Waals surface area contributed by atoms with Gasteiger partial charge in [-0.1, -0.05) is 29.8 Å². The van der Waals surface area contributed by atoms with Crippen LogP contribution in [-0.2, 0) is 10.9 Å². The summed E-state index contributed by atoms with van der Waals surface area (Å²) in [6.45, 7) is 9.60. The van der Waals surface area contributed by atoms with Crippen LogP contribution >= 0.6 is 15.9 Å². The van der Waals surface area contributed by atoms with Gasteiger partial charge >= 0.3 is 12.1 Å². The maximum atomic E-state index is 12.6. The summed E-state index contributed by atoms with van der Waals surface area (Å²) in [7, 11) is 3.92. The van der Waals surface area contributed by atoms with E-state index in [2.05, 4.69) is 48.1 Å². The van der Waals surface area contributed by atoms with Crippen LogP contribution in [-0.4, -0.2) is 50.2 Å². The number of halogens is 4. The third-order valence-electron chi connectivity index (χ3n) is 3.58. The number of aliphatic hydroxyl groups is 1. The van der Waals surface area contributed by atoms with Gasteiger partial charge in [-0.25, -0.2) is 9.78 Å². The molecule has 0 atom stereocenters. The van der Waals surface area contributed by atoms with E-state index in [1.165, 1.54) is 0 Å². The van der Waals surface area contributed by atoms with E-state index < -0.39 is 23.5 Å². The number of aromatic nitrogens is 1. The first-order chi connectivity index (χ1) is 17.1. The van der Waals surface area contributed by atoms with E-state index in [0.717, 1.165) is 24.4 Å². The van der Waals surface area contributed by atoms with Gasteiger partial charge in [0, 0.05) is 36.4 Å². The van der Waals surface area contributed by atoms with Gasteiger partial charge in [-0.3, -0.25) is 4.79 Å². The number of nitrogens with zero attached hydrogens (tertiary/aromatic N) is 1. The van der Waals surface area contributed by atoms with Crippen LogP contribution in [0.1, 0.15) is 61.2 Å². The highest BCUT2D eigenvalue weighted by molar-refractivity contribution is 9.10. The smallest absolute Gasteiger partial charge is 0.433 e. The summed E-state index contributed by atoms with van der Waals surface area (Å²) < 4.78 is 43.3. The first-order valence-corrected chi connectivity index (χ1v) is 11.5. The number of carbonyl (C=O) groups is 2. The molecule has 0 spiro atoms. The number of esters is 1. The van der Waals surface area contributed by atoms with Gasteiger partial charge in [-0.05, 0) is 51.1 Å². The van der Waals surface area contributed by atoms with Crippen molar-refractivity contribution < 1.29 is 32.6 Å². The molecule has 36 heavy (non-hydrogen) atoms. The lowest BCUT2D eigenvalue weighted by Gasteiger charge is -2.14. The summed E-state index contributed by atoms with van der Waals surface area (Å²) in [4.78, 5) is 25.5. The topological polar surface area (TPSA) is 101 Å². The zero-order chi connectivity index (χ0) is 28.7. The fraction of sp³-hybridized carbons (Fsp3) is 0.400. The third kappa shape index (κ3) is 15.0. The molecule has 7 nitrogen and oxygen atoms in total. The Labute approximate surface area is 220 Å². The molecule has 2 rings (SSSR count). The molecule has 1 aromatic heterocycles. The van der Waals surface area contributed by atoms with Crippen LogP contribution in [0.2, 0.25) is 0 Å². The molecule has 0 unspecified atom stereocenters. The zero-order valence-corrected chi connectivity index (χ0v) is 23.4. The zero-order valence-electron chi connectivity index (χ0n) is 21.8. The van der Waals surface area contributed by atoms with Crippen LogP contribution in [0, 0.1) is 11.8 Å². The molecule has 0 aliphatic heterocycles. The number of aliphatic hydroxyl groups excluding tert-OH is 1. The van der Waals surface area contributed by atoms with Crippen LogP contribution in [0.3, 0.4) is 0 Å². The predicted octanol–water partition coefficient (Wildman–Crippen LogP) is 6.29. The molecule has 1 aromatic carbocycles. The molecule has 0 saturated carbocycles. The fourth-order valence-electron chi connectivity index (χ4n) is 2.03. The van der Waals surface area contributed by atoms with Crippen molar-refractivity contribution in [2.75, 3.05) is 38.4 Å². The van der Waals surface area contributed by atoms with Crippen molar-refractivity contribution in [1.82, 2.24) is 4.98 Å². The Morgan fingerprint density at radius 3 is 2.00 bits per heavy atom. The number of ether oxygens (including phenoxy) is 1. The highest BCUT2D eigenvalue weighted by atomic mass is 79.9. The van der Waals surface area contributed by atoms with E-state index in [9.17, 15) is 22.8 Å². The van der Waals surface area contributed by atoms with Gasteiger partial charge in [0.05, 0.1) is 12.8 Å². The van der Waals surface area contributed by atoms with Crippen LogP contribution in [0.25, 0.3) is 0 Å². The molecule has 0 bridgehead atoms. The average molecular weight is 578 g/mol. The van der Waals surface area contributed by atoms with E-state index in [0.29, 0.717) is 12.6 Å². The number of alkyl halides is 3. The highest BCUT2D eigenvalue weighted by Crippen LogP contribution is 2.31. The second-order valence-electron chi connectivity index (χ2n) is 5.71. The monoisotopic (exact) mass is 577 g/mol. The number of hydrogen-bond acceptors (Lipinski definition) is 7. The van der Waals surface area contributed by atoms with Crippen molar-refractivity contribution >= 4 is 39.6 Å². The SMILES string of the molecule is CC.CC#CC.CCNc1c(C=O)cc(C(F)(F)F)nc1C(=O)OC.CNc1ccc(Br)cc1.CO. The number of benzene rings is 1. The Morgan fingerprint density at radius 1 is 1.17 bits per heavy atom. The van der Waals surface area contributed by atoms with Crippen LogP contribution in [0.15, 0.2) is 34.8 Å². The van der Waals surface area contributed by atoms with Gasteiger partial charge < -0.3 is 20.5 Å². The summed E-state index contributed by atoms with van der Waals surface area (Å²) in [5.74, 6) is 4.31. The van der Waals surface area contributed by atoms with E-state index in [1.54, 1.807) is 6.92 Å². The minimum absolute atomic E-state index is 0.0719. The van der Waals surface area contributed by atoms with Gasteiger partial charge in [0.15, 0.2) is 12.0 Å². The van der Waals surface area contributed by atoms with Crippen LogP contribution in [0.4, 0.5) is 24.5 Å². The van der Waals surface area contributed by atoms with Crippen molar-refractivity contribution in [2.24, 2.45) is 0 Å². The lowest BCUT2D eigenvalue weighted by Crippen LogP contribution is -2.18. The fourth-order valence-corrected chi connectivity index (χ4v) is 2.29. The number of hydrogen-bond donors (Lipinski definition) is 3. The summed E-state index contributed by atoms with van der Waals surface area (Å²) in [6, 6.07) is 8.63. The molecule has 0 radical (unpaired) electrons. The van der Waals surface area contributed by atoms with Gasteiger partial charge in [0.1, 0.15) is 5.69 Å². The summed E-state index contributed by atoms with van der Waals surface area (Å²) >= 11 is 3.35. The average Bonchev–Trinajstić information content (AvgIpc) is 2.91. The molecule has 11 heteroatoms. The van der Waals surface area contributed by atoms with E-state index in [-0.39, 0.29) is 17.5 Å². The summed E-state index contributed by atoms with van der Waals surface area (Å²) in [5, 5.41) is 12.7. The summed E-state index contributed by atoms with van der Waals surface area (Å²) in [6.07, 6.45) is -4.54. The Hall–Kier alpha value is -3.10. The number of rotatable bonds is 5. The van der Waals surface area contributed by atoms with Crippen molar-refractivity contribution in [3.8, 4) is 11.8 Å². The Morgan fingerprint density at radius 2 is 1.67 bits per heavy atom. The molecule has 0 amide bonds. The van der Waals surface area contributed by atoms with Crippen molar-refractivity contribution in [2.45, 2.75) is 40.8 Å². The van der Waals surface area contributed by atoms with Gasteiger partial charge in [0.2, 0.25) is 0 Å². The molecular weight excluding hydrogens is 543 g/mol. The van der Waals surface area contributed by atoms with Gasteiger partial charge in [0.25, 0.3) is 0 Å². The number of anilines is 2. The molecule has 0 aliphatic rings. The first-order valence-electron chi connectivity index (χ1n) is 10.7. The number of aldehydes is 1. The Bertz CT molecular complexity index is 937. The minimum Gasteiger partial charge on any atom is -0.464 e. The second kappa shape index (κ2) is 22.4. The van der Waals surface area contributed by atoms with Crippen LogP contribution in [0.5, 0.6) is 0 Å². The Kier molecular flexibility index (Phi) is 23.3. The lowest BCUT2D eigenvalue weighted by molar-refractivity contribution is -0.141. The number of methoxy groups -OCH3 is 1. The number of pyridine rings is 1. The maximum absolute atomic E-state index is 12.6. The maximum Gasteiger partial charge on any atom is 0.433 e. The predicted molar refractivity (Wildman–Crippen MR) is 142 cm³/mol. The Balaban J connectivity index is -0.000000529. The van der Waals surface area contributed by atoms with Crippen molar-refractivity contribution in [1.29, 1.82) is 0 Å². The first kappa shape index (κ1) is 37.4. The largest absolute Gasteiger partial charge is 0.464 e. The van der Waals surface area contributed by atoms with Crippen LogP contribution < -0.4 is 10.6 Å². The molecule has 1 heterocycles. The third-order valence-corrected chi connectivity index (χ3v) is 4.11. The van der Waals surface area contributed by atoms with E-state index in [1.807, 2.05) is 59.0 Å². The molecule has 202 valence electrons. The van der Waals surface area contributed by atoms with Gasteiger partial charge in [-0.2, -0.15) is 13.2 Å².